The van der Waals surface area contributed by atoms with E-state index in [1.165, 1.54) is 45.1 Å². The Labute approximate surface area is 81.0 Å². The lowest BCUT2D eigenvalue weighted by Crippen LogP contribution is -2.38. The third kappa shape index (κ3) is 2.44. The molecule has 0 bridgehead atoms. The first-order valence-corrected chi connectivity index (χ1v) is 5.68. The number of rotatable bonds is 4. The third-order valence-corrected chi connectivity index (χ3v) is 3.37. The molecule has 0 radical (unpaired) electrons. The molecular weight excluding hydrogens is 162 g/mol. The van der Waals surface area contributed by atoms with Crippen LogP contribution < -0.4 is 5.32 Å². The van der Waals surface area contributed by atoms with Crippen LogP contribution in [0.3, 0.4) is 0 Å². The number of nitrogens with one attached hydrogen (secondary N) is 1. The van der Waals surface area contributed by atoms with Gasteiger partial charge in [0.05, 0.1) is 12.2 Å². The molecular formula is C11H21NO. The fourth-order valence-corrected chi connectivity index (χ4v) is 2.54. The predicted molar refractivity (Wildman–Crippen MR) is 53.8 cm³/mol. The highest BCUT2D eigenvalue weighted by molar-refractivity contribution is 4.83. The Morgan fingerprint density at radius 1 is 1.15 bits per heavy atom. The molecule has 1 N–H and O–H groups in total. The van der Waals surface area contributed by atoms with Crippen LogP contribution in [-0.2, 0) is 4.74 Å². The Bertz CT molecular complexity index is 148. The predicted octanol–water partition coefficient (Wildman–Crippen LogP) is 1.94. The molecule has 2 fully saturated rings. The highest BCUT2D eigenvalue weighted by atomic mass is 16.5. The van der Waals surface area contributed by atoms with Gasteiger partial charge >= 0.3 is 0 Å². The van der Waals surface area contributed by atoms with Gasteiger partial charge in [0.25, 0.3) is 0 Å². The van der Waals surface area contributed by atoms with E-state index >= 15 is 0 Å². The van der Waals surface area contributed by atoms with Gasteiger partial charge in [0, 0.05) is 0 Å². The molecule has 2 heteroatoms. The van der Waals surface area contributed by atoms with E-state index < -0.39 is 0 Å². The van der Waals surface area contributed by atoms with Crippen molar-refractivity contribution in [2.24, 2.45) is 5.92 Å². The van der Waals surface area contributed by atoms with E-state index in [-0.39, 0.29) is 0 Å². The van der Waals surface area contributed by atoms with Crippen molar-refractivity contribution in [2.45, 2.75) is 50.7 Å². The minimum Gasteiger partial charge on any atom is -0.375 e. The van der Waals surface area contributed by atoms with E-state index in [1.54, 1.807) is 0 Å². The Hall–Kier alpha value is -0.0800. The number of ether oxygens (including phenoxy) is 1. The van der Waals surface area contributed by atoms with Gasteiger partial charge < -0.3 is 10.1 Å². The van der Waals surface area contributed by atoms with Gasteiger partial charge in [-0.25, -0.2) is 0 Å². The average Bonchev–Trinajstić information content (AvgIpc) is 2.53. The second-order valence-corrected chi connectivity index (χ2v) is 4.56. The molecule has 2 saturated carbocycles. The highest BCUT2D eigenvalue weighted by Crippen LogP contribution is 2.33. The van der Waals surface area contributed by atoms with Gasteiger partial charge in [0.15, 0.2) is 0 Å². The third-order valence-electron chi connectivity index (χ3n) is 3.37. The summed E-state index contributed by atoms with van der Waals surface area (Å²) in [6, 6.07) is 0. The molecule has 13 heavy (non-hydrogen) atoms. The molecule has 2 nitrogen and oxygen atoms in total. The lowest BCUT2D eigenvalue weighted by Gasteiger charge is -2.36. The lowest BCUT2D eigenvalue weighted by molar-refractivity contribution is -0.0716. The summed E-state index contributed by atoms with van der Waals surface area (Å²) in [5.74, 6) is 0.886. The van der Waals surface area contributed by atoms with Gasteiger partial charge in [-0.05, 0) is 45.2 Å². The highest BCUT2D eigenvalue weighted by Gasteiger charge is 2.31. The van der Waals surface area contributed by atoms with Crippen molar-refractivity contribution < 1.29 is 4.74 Å². The van der Waals surface area contributed by atoms with Crippen molar-refractivity contribution in [3.63, 3.8) is 0 Å². The maximum absolute atomic E-state index is 6.00. The van der Waals surface area contributed by atoms with Gasteiger partial charge in [-0.2, -0.15) is 0 Å². The summed E-state index contributed by atoms with van der Waals surface area (Å²) in [4.78, 5) is 0. The van der Waals surface area contributed by atoms with Crippen LogP contribution in [-0.4, -0.2) is 25.8 Å². The summed E-state index contributed by atoms with van der Waals surface area (Å²) < 4.78 is 6.00. The fourth-order valence-electron chi connectivity index (χ4n) is 2.54. The normalized spacial score (nSPS) is 34.8. The first kappa shape index (κ1) is 9.47. The Balaban J connectivity index is 1.58. The Morgan fingerprint density at radius 3 is 2.46 bits per heavy atom. The molecule has 0 aromatic rings. The van der Waals surface area contributed by atoms with Gasteiger partial charge in [-0.3, -0.25) is 0 Å². The average molecular weight is 183 g/mol. The summed E-state index contributed by atoms with van der Waals surface area (Å²) in [5, 5.41) is 3.23. The molecule has 0 aromatic heterocycles. The van der Waals surface area contributed by atoms with E-state index in [0.717, 1.165) is 5.92 Å². The molecule has 0 aliphatic heterocycles. The van der Waals surface area contributed by atoms with Crippen LogP contribution >= 0.6 is 0 Å². The van der Waals surface area contributed by atoms with Crippen LogP contribution in [0.1, 0.15) is 38.5 Å². The van der Waals surface area contributed by atoms with Crippen LogP contribution in [0.25, 0.3) is 0 Å². The molecule has 0 atom stereocenters. The van der Waals surface area contributed by atoms with Crippen LogP contribution in [0.15, 0.2) is 0 Å². The van der Waals surface area contributed by atoms with Crippen molar-refractivity contribution in [2.75, 3.05) is 13.6 Å². The fraction of sp³-hybridized carbons (Fsp3) is 1.00. The van der Waals surface area contributed by atoms with Crippen molar-refractivity contribution in [3.8, 4) is 0 Å². The summed E-state index contributed by atoms with van der Waals surface area (Å²) in [5.41, 5.74) is 0. The molecule has 0 aromatic carbocycles. The first-order valence-electron chi connectivity index (χ1n) is 5.68. The molecule has 2 rings (SSSR count). The summed E-state index contributed by atoms with van der Waals surface area (Å²) in [7, 11) is 2.03. The van der Waals surface area contributed by atoms with E-state index in [4.69, 9.17) is 4.74 Å². The van der Waals surface area contributed by atoms with Crippen molar-refractivity contribution >= 4 is 0 Å². The standard InChI is InChI=1S/C11H21NO/c1-12-8-9-6-11(7-9)13-10-4-2-3-5-10/h9-12H,2-8H2,1H3. The molecule has 0 unspecified atom stereocenters. The molecule has 2 aliphatic rings. The topological polar surface area (TPSA) is 21.3 Å². The Kier molecular flexibility index (Phi) is 3.23. The minimum atomic E-state index is 0.599. The van der Waals surface area contributed by atoms with Crippen molar-refractivity contribution in [1.82, 2.24) is 5.32 Å². The summed E-state index contributed by atoms with van der Waals surface area (Å²) >= 11 is 0. The summed E-state index contributed by atoms with van der Waals surface area (Å²) in [6.45, 7) is 1.17. The first-order chi connectivity index (χ1) is 6.38. The number of hydrogen-bond donors (Lipinski definition) is 1. The zero-order valence-corrected chi connectivity index (χ0v) is 8.59. The molecule has 76 valence electrons. The molecule has 0 heterocycles. The smallest absolute Gasteiger partial charge is 0.0585 e. The van der Waals surface area contributed by atoms with E-state index in [0.29, 0.717) is 12.2 Å². The van der Waals surface area contributed by atoms with Gasteiger partial charge in [0.1, 0.15) is 0 Å². The van der Waals surface area contributed by atoms with Crippen molar-refractivity contribution in [3.05, 3.63) is 0 Å². The van der Waals surface area contributed by atoms with E-state index in [9.17, 15) is 0 Å². The van der Waals surface area contributed by atoms with Gasteiger partial charge in [-0.1, -0.05) is 12.8 Å². The monoisotopic (exact) mass is 183 g/mol. The van der Waals surface area contributed by atoms with Gasteiger partial charge in [0.2, 0.25) is 0 Å². The van der Waals surface area contributed by atoms with Crippen LogP contribution in [0.5, 0.6) is 0 Å². The summed E-state index contributed by atoms with van der Waals surface area (Å²) in [6.07, 6.45) is 9.19. The lowest BCUT2D eigenvalue weighted by atomic mass is 9.82. The van der Waals surface area contributed by atoms with Crippen LogP contribution in [0, 0.1) is 5.92 Å². The van der Waals surface area contributed by atoms with E-state index in [1.807, 2.05) is 7.05 Å². The molecule has 0 spiro atoms. The molecule has 0 amide bonds. The Morgan fingerprint density at radius 2 is 1.85 bits per heavy atom. The maximum atomic E-state index is 6.00. The van der Waals surface area contributed by atoms with Crippen LogP contribution in [0.4, 0.5) is 0 Å². The van der Waals surface area contributed by atoms with Crippen LogP contribution in [0.2, 0.25) is 0 Å². The second kappa shape index (κ2) is 4.43. The largest absolute Gasteiger partial charge is 0.375 e. The zero-order valence-electron chi connectivity index (χ0n) is 8.59. The van der Waals surface area contributed by atoms with E-state index in [2.05, 4.69) is 5.32 Å². The van der Waals surface area contributed by atoms with Crippen molar-refractivity contribution in [1.29, 1.82) is 0 Å². The number of hydrogen-bond acceptors (Lipinski definition) is 2. The molecule has 2 aliphatic carbocycles. The molecule has 0 saturated heterocycles. The maximum Gasteiger partial charge on any atom is 0.0585 e. The minimum absolute atomic E-state index is 0.599. The van der Waals surface area contributed by atoms with Gasteiger partial charge in [-0.15, -0.1) is 0 Å². The second-order valence-electron chi connectivity index (χ2n) is 4.56. The quantitative estimate of drug-likeness (QED) is 0.719. The SMILES string of the molecule is CNCC1CC(OC2CCCC2)C1. The zero-order chi connectivity index (χ0) is 9.10.